The van der Waals surface area contributed by atoms with Crippen LogP contribution in [0.3, 0.4) is 0 Å². The molecule has 0 radical (unpaired) electrons. The summed E-state index contributed by atoms with van der Waals surface area (Å²) in [6, 6.07) is 19.0. The smallest absolute Gasteiger partial charge is 0.347 e. The first-order valence-corrected chi connectivity index (χ1v) is 9.35. The standard InChI is InChI=1S/C24H16O6/c1-14-21(25)17-8-5-9-18(23(17)30-22(14)15-6-3-2-4-7-15)24(26)29-16-10-11-19-20(12-16)28-13-27-19/h2-12H,13H2,1H3. The molecule has 1 aromatic heterocycles. The fourth-order valence-electron chi connectivity index (χ4n) is 3.44. The van der Waals surface area contributed by atoms with E-state index in [1.165, 1.54) is 0 Å². The van der Waals surface area contributed by atoms with E-state index >= 15 is 0 Å². The monoisotopic (exact) mass is 400 g/mol. The number of para-hydroxylation sites is 1. The Hall–Kier alpha value is -4.06. The normalized spacial score (nSPS) is 12.2. The van der Waals surface area contributed by atoms with Gasteiger partial charge in [-0.3, -0.25) is 4.79 Å². The minimum Gasteiger partial charge on any atom is -0.455 e. The Morgan fingerprint density at radius 1 is 0.933 bits per heavy atom. The number of carbonyl (C=O) groups is 1. The predicted octanol–water partition coefficient (Wildman–Crippen LogP) is 4.72. The van der Waals surface area contributed by atoms with Crippen molar-refractivity contribution < 1.29 is 23.4 Å². The minimum absolute atomic E-state index is 0.128. The molecule has 148 valence electrons. The highest BCUT2D eigenvalue weighted by Gasteiger charge is 2.21. The molecule has 0 atom stereocenters. The van der Waals surface area contributed by atoms with Crippen molar-refractivity contribution in [2.45, 2.75) is 6.92 Å². The van der Waals surface area contributed by atoms with Gasteiger partial charge in [0.25, 0.3) is 0 Å². The lowest BCUT2D eigenvalue weighted by molar-refractivity contribution is 0.0735. The highest BCUT2D eigenvalue weighted by Crippen LogP contribution is 2.35. The molecule has 1 aliphatic rings. The molecule has 3 aromatic carbocycles. The number of benzene rings is 3. The first kappa shape index (κ1) is 18.0. The van der Waals surface area contributed by atoms with Crippen molar-refractivity contribution in [1.82, 2.24) is 0 Å². The lowest BCUT2D eigenvalue weighted by Gasteiger charge is -2.10. The van der Waals surface area contributed by atoms with Crippen molar-refractivity contribution in [2.75, 3.05) is 6.79 Å². The Balaban J connectivity index is 1.60. The van der Waals surface area contributed by atoms with Gasteiger partial charge in [-0.15, -0.1) is 0 Å². The maximum Gasteiger partial charge on any atom is 0.347 e. The van der Waals surface area contributed by atoms with Crippen LogP contribution in [0.5, 0.6) is 17.2 Å². The molecule has 0 fully saturated rings. The second kappa shape index (κ2) is 7.08. The number of hydrogen-bond acceptors (Lipinski definition) is 6. The molecule has 0 saturated heterocycles. The number of ether oxygens (including phenoxy) is 3. The molecule has 0 saturated carbocycles. The van der Waals surface area contributed by atoms with Gasteiger partial charge in [-0.25, -0.2) is 4.79 Å². The lowest BCUT2D eigenvalue weighted by atomic mass is 10.0. The highest BCUT2D eigenvalue weighted by molar-refractivity contribution is 6.03. The van der Waals surface area contributed by atoms with Crippen LogP contribution < -0.4 is 19.6 Å². The summed E-state index contributed by atoms with van der Waals surface area (Å²) >= 11 is 0. The average molecular weight is 400 g/mol. The molecule has 0 amide bonds. The summed E-state index contributed by atoms with van der Waals surface area (Å²) in [4.78, 5) is 25.9. The van der Waals surface area contributed by atoms with Crippen LogP contribution in [0.2, 0.25) is 0 Å². The van der Waals surface area contributed by atoms with E-state index < -0.39 is 5.97 Å². The molecule has 0 spiro atoms. The van der Waals surface area contributed by atoms with Gasteiger partial charge >= 0.3 is 5.97 Å². The van der Waals surface area contributed by atoms with Gasteiger partial charge in [-0.05, 0) is 31.2 Å². The third-order valence-electron chi connectivity index (χ3n) is 4.96. The van der Waals surface area contributed by atoms with E-state index in [1.807, 2.05) is 30.3 Å². The van der Waals surface area contributed by atoms with Crippen LogP contribution in [-0.2, 0) is 0 Å². The van der Waals surface area contributed by atoms with Crippen molar-refractivity contribution in [3.63, 3.8) is 0 Å². The van der Waals surface area contributed by atoms with E-state index in [4.69, 9.17) is 18.6 Å². The maximum absolute atomic E-state index is 12.9. The zero-order chi connectivity index (χ0) is 20.7. The third-order valence-corrected chi connectivity index (χ3v) is 4.96. The second-order valence-corrected chi connectivity index (χ2v) is 6.84. The molecule has 6 nitrogen and oxygen atoms in total. The van der Waals surface area contributed by atoms with Gasteiger partial charge < -0.3 is 18.6 Å². The van der Waals surface area contributed by atoms with Crippen LogP contribution in [0.15, 0.2) is 75.9 Å². The summed E-state index contributed by atoms with van der Waals surface area (Å²) < 4.78 is 22.2. The topological polar surface area (TPSA) is 75.0 Å². The van der Waals surface area contributed by atoms with Crippen molar-refractivity contribution >= 4 is 16.9 Å². The van der Waals surface area contributed by atoms with E-state index in [9.17, 15) is 9.59 Å². The Kier molecular flexibility index (Phi) is 4.25. The SMILES string of the molecule is Cc1c(-c2ccccc2)oc2c(C(=O)Oc3ccc4c(c3)OCO4)cccc2c1=O. The van der Waals surface area contributed by atoms with Crippen molar-refractivity contribution in [3.05, 3.63) is 88.1 Å². The molecule has 6 heteroatoms. The summed E-state index contributed by atoms with van der Waals surface area (Å²) in [5.74, 6) is 1.20. The second-order valence-electron chi connectivity index (χ2n) is 6.84. The fraction of sp³-hybridized carbons (Fsp3) is 0.0833. The van der Waals surface area contributed by atoms with Crippen LogP contribution in [0.25, 0.3) is 22.3 Å². The van der Waals surface area contributed by atoms with Crippen LogP contribution in [0.4, 0.5) is 0 Å². The van der Waals surface area contributed by atoms with E-state index in [0.29, 0.717) is 34.0 Å². The predicted molar refractivity (Wildman–Crippen MR) is 110 cm³/mol. The van der Waals surface area contributed by atoms with Gasteiger partial charge in [0.2, 0.25) is 6.79 Å². The van der Waals surface area contributed by atoms with Gasteiger partial charge in [0.1, 0.15) is 17.1 Å². The summed E-state index contributed by atoms with van der Waals surface area (Å²) in [7, 11) is 0. The van der Waals surface area contributed by atoms with Crippen molar-refractivity contribution in [2.24, 2.45) is 0 Å². The van der Waals surface area contributed by atoms with E-state index in [0.717, 1.165) is 5.56 Å². The van der Waals surface area contributed by atoms with Crippen LogP contribution >= 0.6 is 0 Å². The first-order valence-electron chi connectivity index (χ1n) is 9.35. The van der Waals surface area contributed by atoms with Gasteiger partial charge in [0, 0.05) is 17.2 Å². The number of rotatable bonds is 3. The molecule has 0 bridgehead atoms. The van der Waals surface area contributed by atoms with E-state index in [-0.39, 0.29) is 23.4 Å². The largest absolute Gasteiger partial charge is 0.455 e. The van der Waals surface area contributed by atoms with Crippen LogP contribution in [-0.4, -0.2) is 12.8 Å². The Bertz CT molecular complexity index is 1340. The quantitative estimate of drug-likeness (QED) is 0.366. The maximum atomic E-state index is 12.9. The lowest BCUT2D eigenvalue weighted by Crippen LogP contribution is -2.13. The third kappa shape index (κ3) is 2.99. The summed E-state index contributed by atoms with van der Waals surface area (Å²) in [5, 5.41) is 0.326. The summed E-state index contributed by atoms with van der Waals surface area (Å²) in [6.45, 7) is 1.84. The van der Waals surface area contributed by atoms with Crippen LogP contribution in [0.1, 0.15) is 15.9 Å². The summed E-state index contributed by atoms with van der Waals surface area (Å²) in [6.07, 6.45) is 0. The van der Waals surface area contributed by atoms with Crippen molar-refractivity contribution in [1.29, 1.82) is 0 Å². The molecular formula is C24H16O6. The molecule has 30 heavy (non-hydrogen) atoms. The van der Waals surface area contributed by atoms with Gasteiger partial charge in [0.15, 0.2) is 22.5 Å². The van der Waals surface area contributed by atoms with Crippen molar-refractivity contribution in [3.8, 4) is 28.6 Å². The molecule has 0 unspecified atom stereocenters. The zero-order valence-electron chi connectivity index (χ0n) is 16.0. The van der Waals surface area contributed by atoms with Gasteiger partial charge in [-0.1, -0.05) is 36.4 Å². The number of esters is 1. The Morgan fingerprint density at radius 3 is 2.57 bits per heavy atom. The van der Waals surface area contributed by atoms with Gasteiger partial charge in [-0.2, -0.15) is 0 Å². The molecule has 0 aliphatic carbocycles. The molecule has 4 aromatic rings. The molecule has 5 rings (SSSR count). The minimum atomic E-state index is -0.634. The Morgan fingerprint density at radius 2 is 1.73 bits per heavy atom. The van der Waals surface area contributed by atoms with Crippen LogP contribution in [0, 0.1) is 6.92 Å². The molecule has 0 N–H and O–H groups in total. The molecule has 1 aliphatic heterocycles. The summed E-state index contributed by atoms with van der Waals surface area (Å²) in [5.41, 5.74) is 1.41. The first-order chi connectivity index (χ1) is 14.6. The number of fused-ring (bicyclic) bond motifs is 2. The zero-order valence-corrected chi connectivity index (χ0v) is 16.0. The average Bonchev–Trinajstić information content (AvgIpc) is 3.24. The molecule has 2 heterocycles. The highest BCUT2D eigenvalue weighted by atomic mass is 16.7. The Labute approximate surface area is 171 Å². The van der Waals surface area contributed by atoms with E-state index in [1.54, 1.807) is 43.3 Å². The number of carbonyl (C=O) groups excluding carboxylic acids is 1. The molecular weight excluding hydrogens is 384 g/mol. The fourth-order valence-corrected chi connectivity index (χ4v) is 3.44. The van der Waals surface area contributed by atoms with E-state index in [2.05, 4.69) is 0 Å². The number of hydrogen-bond donors (Lipinski definition) is 0. The van der Waals surface area contributed by atoms with Gasteiger partial charge in [0.05, 0.1) is 5.39 Å².